The topological polar surface area (TPSA) is 175 Å². The Morgan fingerprint density at radius 3 is 2.08 bits per heavy atom. The molecule has 0 amide bonds. The van der Waals surface area contributed by atoms with E-state index in [1.165, 1.54) is 12.8 Å². The molecule has 0 aromatic carbocycles. The van der Waals surface area contributed by atoms with E-state index in [9.17, 15) is 0 Å². The third-order valence-corrected chi connectivity index (χ3v) is 4.19. The molecule has 1 heterocycles. The van der Waals surface area contributed by atoms with E-state index in [2.05, 4.69) is 5.32 Å². The van der Waals surface area contributed by atoms with Crippen molar-refractivity contribution in [1.82, 2.24) is 5.23 Å². The minimum Gasteiger partial charge on any atom is -0.676 e. The van der Waals surface area contributed by atoms with Gasteiger partial charge in [-0.25, -0.2) is 0 Å². The van der Waals surface area contributed by atoms with Gasteiger partial charge in [0.25, 0.3) is 0 Å². The van der Waals surface area contributed by atoms with E-state index in [1.807, 2.05) is 6.92 Å². The number of rotatable bonds is 3. The van der Waals surface area contributed by atoms with Crippen LogP contribution >= 0.6 is 0 Å². The zero-order valence-electron chi connectivity index (χ0n) is 15.0. The first-order valence-corrected chi connectivity index (χ1v) is 8.33. The van der Waals surface area contributed by atoms with Crippen LogP contribution in [0, 0.1) is 5.92 Å². The predicted octanol–water partition coefficient (Wildman–Crippen LogP) is 1.22. The summed E-state index contributed by atoms with van der Waals surface area (Å²) in [6, 6.07) is 0.185. The van der Waals surface area contributed by atoms with Gasteiger partial charge >= 0.3 is 17.1 Å². The van der Waals surface area contributed by atoms with Gasteiger partial charge in [-0.3, -0.25) is 10.4 Å². The number of hydrogen-bond donors (Lipinski definition) is 5. The molecule has 4 atom stereocenters. The fourth-order valence-electron chi connectivity index (χ4n) is 2.86. The third kappa shape index (κ3) is 15.0. The van der Waals surface area contributed by atoms with Crippen molar-refractivity contribution in [3.05, 3.63) is 11.1 Å². The maximum absolute atomic E-state index is 8.81. The van der Waals surface area contributed by atoms with Gasteiger partial charge in [-0.05, 0) is 25.2 Å². The van der Waals surface area contributed by atoms with Gasteiger partial charge in [0.15, 0.2) is 0 Å². The molecule has 0 aromatic heterocycles. The summed E-state index contributed by atoms with van der Waals surface area (Å²) in [5.41, 5.74) is 7.38. The molecule has 2 aliphatic rings. The maximum atomic E-state index is 8.81. The van der Waals surface area contributed by atoms with Crippen LogP contribution < -0.4 is 0 Å². The van der Waals surface area contributed by atoms with Crippen molar-refractivity contribution in [1.29, 1.82) is 0 Å². The van der Waals surface area contributed by atoms with Crippen molar-refractivity contribution in [3.8, 4) is 0 Å². The molecule has 0 spiro atoms. The molecule has 25 heavy (non-hydrogen) atoms. The Morgan fingerprint density at radius 1 is 1.12 bits per heavy atom. The number of hydroxylamine groups is 2. The quantitative estimate of drug-likeness (QED) is 0.202. The average Bonchev–Trinajstić information content (AvgIpc) is 2.57. The van der Waals surface area contributed by atoms with E-state index in [4.69, 9.17) is 31.5 Å². The van der Waals surface area contributed by atoms with E-state index < -0.39 is 6.79 Å². The van der Waals surface area contributed by atoms with E-state index >= 15 is 0 Å². The molecule has 4 unspecified atom stereocenters. The van der Waals surface area contributed by atoms with Gasteiger partial charge in [0.05, 0.1) is 6.04 Å². The Balaban J connectivity index is -0.000000148. The molecule has 9 N–H and O–H groups in total. The van der Waals surface area contributed by atoms with Crippen LogP contribution in [0.1, 0.15) is 53.3 Å². The van der Waals surface area contributed by atoms with Crippen LogP contribution in [-0.4, -0.2) is 69.0 Å². The van der Waals surface area contributed by atoms with Gasteiger partial charge in [-0.2, -0.15) is 12.1 Å². The Hall–Kier alpha value is 0.159. The van der Waals surface area contributed by atoms with E-state index in [0.717, 1.165) is 32.2 Å². The molecule has 155 valence electrons. The number of aliphatic hydroxyl groups excluding tert-OH is 2. The SMILES string of the molecule is CC([NH-])C1CCCC[N-]1.OCC1CCCC(N(O)O)C1.OCO.[HH].[Mn+2].[OH3+]. The second-order valence-electron chi connectivity index (χ2n) is 6.09. The van der Waals surface area contributed by atoms with Crippen LogP contribution in [0.15, 0.2) is 0 Å². The minimum atomic E-state index is -0.750. The maximum Gasteiger partial charge on any atom is 2.00 e. The third-order valence-electron chi connectivity index (χ3n) is 4.19. The molecule has 1 aliphatic carbocycles. The Bertz CT molecular complexity index is 278. The normalized spacial score (nSPS) is 26.6. The molecule has 9 nitrogen and oxygen atoms in total. The summed E-state index contributed by atoms with van der Waals surface area (Å²) in [5, 5.41) is 45.1. The minimum absolute atomic E-state index is 0. The van der Waals surface area contributed by atoms with Crippen molar-refractivity contribution >= 4 is 0 Å². The summed E-state index contributed by atoms with van der Waals surface area (Å²) in [7, 11) is 0. The summed E-state index contributed by atoms with van der Waals surface area (Å²) < 4.78 is 0. The molecule has 0 bridgehead atoms. The summed E-state index contributed by atoms with van der Waals surface area (Å²) in [4.78, 5) is 0. The van der Waals surface area contributed by atoms with Crippen LogP contribution in [0.3, 0.4) is 0 Å². The summed E-state index contributed by atoms with van der Waals surface area (Å²) in [6.07, 6.45) is 7.12. The Labute approximate surface area is 162 Å². The predicted molar refractivity (Wildman–Crippen MR) is 94.2 cm³/mol. The van der Waals surface area contributed by atoms with E-state index in [-0.39, 0.29) is 53.8 Å². The number of aliphatic hydroxyl groups is 3. The van der Waals surface area contributed by atoms with Crippen LogP contribution in [0.25, 0.3) is 11.1 Å². The second kappa shape index (κ2) is 18.9. The fraction of sp³-hybridized carbons (Fsp3) is 1.00. The largest absolute Gasteiger partial charge is 2.00 e. The molecule has 10 heteroatoms. The van der Waals surface area contributed by atoms with E-state index in [1.54, 1.807) is 0 Å². The smallest absolute Gasteiger partial charge is 0.676 e. The number of piperidine rings is 1. The van der Waals surface area contributed by atoms with E-state index in [0.29, 0.717) is 12.5 Å². The summed E-state index contributed by atoms with van der Waals surface area (Å²) in [5.74, 6) is 0.246. The van der Waals surface area contributed by atoms with Gasteiger partial charge in [-0.15, -0.1) is 6.54 Å². The molecular formula is C15H38MnN3O6+. The molecule has 1 saturated heterocycles. The number of nitrogens with one attached hydrogen (secondary N) is 1. The summed E-state index contributed by atoms with van der Waals surface area (Å²) in [6.45, 7) is 2.33. The van der Waals surface area contributed by atoms with Gasteiger partial charge in [-0.1, -0.05) is 37.8 Å². The monoisotopic (exact) mass is 411 g/mol. The van der Waals surface area contributed by atoms with Crippen LogP contribution in [0.4, 0.5) is 0 Å². The molecule has 0 aromatic rings. The molecule has 1 aliphatic heterocycles. The van der Waals surface area contributed by atoms with Crippen molar-refractivity contribution in [2.75, 3.05) is 19.9 Å². The van der Waals surface area contributed by atoms with Crippen LogP contribution in [0.2, 0.25) is 0 Å². The Morgan fingerprint density at radius 2 is 1.72 bits per heavy atom. The first-order valence-electron chi connectivity index (χ1n) is 8.33. The van der Waals surface area contributed by atoms with Crippen LogP contribution in [-0.2, 0) is 22.5 Å². The Kier molecular flexibility index (Phi) is 22.7. The van der Waals surface area contributed by atoms with Gasteiger partial charge in [0, 0.05) is 8.03 Å². The summed E-state index contributed by atoms with van der Waals surface area (Å²) >= 11 is 0. The van der Waals surface area contributed by atoms with Gasteiger partial charge in [0.1, 0.15) is 6.79 Å². The molecule has 1 radical (unpaired) electrons. The zero-order chi connectivity index (χ0) is 17.7. The van der Waals surface area contributed by atoms with Crippen LogP contribution in [0.5, 0.6) is 0 Å². The fourth-order valence-corrected chi connectivity index (χ4v) is 2.86. The van der Waals surface area contributed by atoms with Gasteiger partial charge < -0.3 is 31.8 Å². The zero-order valence-corrected chi connectivity index (χ0v) is 16.1. The van der Waals surface area contributed by atoms with Gasteiger partial charge in [0.2, 0.25) is 0 Å². The van der Waals surface area contributed by atoms with Crippen molar-refractivity contribution in [2.24, 2.45) is 5.92 Å². The average molecular weight is 411 g/mol. The van der Waals surface area contributed by atoms with Crippen molar-refractivity contribution in [3.63, 3.8) is 0 Å². The number of hydrogen-bond acceptors (Lipinski definition) is 6. The molecule has 2 fully saturated rings. The number of nitrogens with zero attached hydrogens (tertiary/aromatic N) is 2. The standard InChI is InChI=1S/C7H14N2.C7H15NO3.CH4O2.Mn.H2O.H2/c1-6(8)7-4-2-3-5-9-7;9-5-6-2-1-3-7(4-6)8(10)11;2-1-3;;;/h6-8H,2-5H2,1H3;6-7,9-11H,1-5H2;2-3H,1H2;;1H2;1H/q-2;;;+2;;/p+1. The molecule has 1 saturated carbocycles. The second-order valence-corrected chi connectivity index (χ2v) is 6.09. The molecule has 2 rings (SSSR count). The first kappa shape index (κ1) is 29.9. The molecular weight excluding hydrogens is 373 g/mol. The van der Waals surface area contributed by atoms with Crippen molar-refractivity contribution < 1.29 is 49.7 Å². The van der Waals surface area contributed by atoms with Crippen molar-refractivity contribution in [2.45, 2.75) is 70.0 Å². The first-order chi connectivity index (χ1) is 11.0.